The minimum atomic E-state index is -0.290. The third kappa shape index (κ3) is 4.61. The second kappa shape index (κ2) is 8.81. The Bertz CT molecular complexity index is 793. The maximum atomic E-state index is 12.7. The SMILES string of the molecule is Cc1ccn(CC2CCCO2)c(=O)c1C(=O)NCCCc1ccccc1. The summed E-state index contributed by atoms with van der Waals surface area (Å²) in [5.41, 5.74) is 1.96. The van der Waals surface area contributed by atoms with Gasteiger partial charge in [-0.05, 0) is 49.8 Å². The molecule has 1 amide bonds. The molecule has 1 aromatic heterocycles. The summed E-state index contributed by atoms with van der Waals surface area (Å²) in [4.78, 5) is 25.3. The van der Waals surface area contributed by atoms with Crippen LogP contribution in [0.3, 0.4) is 0 Å². The number of carbonyl (C=O) groups is 1. The van der Waals surface area contributed by atoms with E-state index in [0.29, 0.717) is 18.7 Å². The molecule has 2 aromatic rings. The molecule has 0 bridgehead atoms. The van der Waals surface area contributed by atoms with Crippen LogP contribution < -0.4 is 10.9 Å². The Morgan fingerprint density at radius 3 is 2.81 bits per heavy atom. The molecular formula is C21H26N2O3. The molecule has 0 aliphatic carbocycles. The van der Waals surface area contributed by atoms with Gasteiger partial charge in [0.1, 0.15) is 5.56 Å². The number of aryl methyl sites for hydroxylation is 2. The molecule has 3 rings (SSSR count). The maximum Gasteiger partial charge on any atom is 0.263 e. The molecule has 26 heavy (non-hydrogen) atoms. The number of nitrogens with one attached hydrogen (secondary N) is 1. The Balaban J connectivity index is 1.59. The summed E-state index contributed by atoms with van der Waals surface area (Å²) in [6.07, 6.45) is 5.55. The number of benzene rings is 1. The molecule has 1 saturated heterocycles. The van der Waals surface area contributed by atoms with Gasteiger partial charge in [-0.3, -0.25) is 9.59 Å². The third-order valence-electron chi connectivity index (χ3n) is 4.80. The van der Waals surface area contributed by atoms with Crippen molar-refractivity contribution in [3.05, 3.63) is 69.6 Å². The van der Waals surface area contributed by atoms with Crippen molar-refractivity contribution in [1.82, 2.24) is 9.88 Å². The van der Waals surface area contributed by atoms with Crippen molar-refractivity contribution in [3.63, 3.8) is 0 Å². The fourth-order valence-electron chi connectivity index (χ4n) is 3.32. The van der Waals surface area contributed by atoms with Gasteiger partial charge in [0.2, 0.25) is 0 Å². The lowest BCUT2D eigenvalue weighted by Gasteiger charge is -2.14. The Morgan fingerprint density at radius 2 is 2.08 bits per heavy atom. The summed E-state index contributed by atoms with van der Waals surface area (Å²) in [5, 5.41) is 2.89. The van der Waals surface area contributed by atoms with E-state index in [2.05, 4.69) is 17.4 Å². The molecule has 1 fully saturated rings. The second-order valence-electron chi connectivity index (χ2n) is 6.81. The first kappa shape index (κ1) is 18.4. The van der Waals surface area contributed by atoms with Crippen LogP contribution in [0.25, 0.3) is 0 Å². The highest BCUT2D eigenvalue weighted by atomic mass is 16.5. The van der Waals surface area contributed by atoms with Crippen molar-refractivity contribution in [2.45, 2.75) is 45.3 Å². The lowest BCUT2D eigenvalue weighted by atomic mass is 10.1. The van der Waals surface area contributed by atoms with E-state index in [1.165, 1.54) is 5.56 Å². The quantitative estimate of drug-likeness (QED) is 0.778. The number of aromatic nitrogens is 1. The van der Waals surface area contributed by atoms with Gasteiger partial charge in [-0.2, -0.15) is 0 Å². The van der Waals surface area contributed by atoms with Crippen molar-refractivity contribution in [1.29, 1.82) is 0 Å². The van der Waals surface area contributed by atoms with Crippen LogP contribution in [-0.2, 0) is 17.7 Å². The summed E-state index contributed by atoms with van der Waals surface area (Å²) in [7, 11) is 0. The zero-order chi connectivity index (χ0) is 18.4. The van der Waals surface area contributed by atoms with E-state index in [9.17, 15) is 9.59 Å². The highest BCUT2D eigenvalue weighted by Crippen LogP contribution is 2.13. The molecule has 2 heterocycles. The number of amides is 1. The molecule has 5 heteroatoms. The minimum absolute atomic E-state index is 0.0668. The number of rotatable bonds is 7. The molecule has 0 saturated carbocycles. The molecule has 0 spiro atoms. The number of pyridine rings is 1. The van der Waals surface area contributed by atoms with E-state index in [1.54, 1.807) is 17.7 Å². The molecule has 5 nitrogen and oxygen atoms in total. The standard InChI is InChI=1S/C21H26N2O3/c1-16-11-13-23(15-18-10-6-14-26-18)21(25)19(16)20(24)22-12-5-9-17-7-3-2-4-8-17/h2-4,7-8,11,13,18H,5-6,9-10,12,14-15H2,1H3,(H,22,24). The fourth-order valence-corrected chi connectivity index (χ4v) is 3.32. The first-order valence-electron chi connectivity index (χ1n) is 9.29. The largest absolute Gasteiger partial charge is 0.376 e. The van der Waals surface area contributed by atoms with E-state index < -0.39 is 0 Å². The molecular weight excluding hydrogens is 328 g/mol. The van der Waals surface area contributed by atoms with Crippen LogP contribution in [0.5, 0.6) is 0 Å². The molecule has 1 atom stereocenters. The van der Waals surface area contributed by atoms with Gasteiger partial charge >= 0.3 is 0 Å². The second-order valence-corrected chi connectivity index (χ2v) is 6.81. The fraction of sp³-hybridized carbons (Fsp3) is 0.429. The summed E-state index contributed by atoms with van der Waals surface area (Å²) >= 11 is 0. The smallest absolute Gasteiger partial charge is 0.263 e. The molecule has 1 N–H and O–H groups in total. The minimum Gasteiger partial charge on any atom is -0.376 e. The van der Waals surface area contributed by atoms with Crippen LogP contribution in [0.15, 0.2) is 47.4 Å². The van der Waals surface area contributed by atoms with E-state index >= 15 is 0 Å². The van der Waals surface area contributed by atoms with E-state index in [0.717, 1.165) is 32.3 Å². The molecule has 138 valence electrons. The van der Waals surface area contributed by atoms with E-state index in [-0.39, 0.29) is 23.1 Å². The number of ether oxygens (including phenoxy) is 1. The van der Waals surface area contributed by atoms with Gasteiger partial charge in [0, 0.05) is 19.3 Å². The van der Waals surface area contributed by atoms with Crippen molar-refractivity contribution >= 4 is 5.91 Å². The average molecular weight is 354 g/mol. The summed E-state index contributed by atoms with van der Waals surface area (Å²) in [5.74, 6) is -0.290. The Morgan fingerprint density at radius 1 is 1.27 bits per heavy atom. The van der Waals surface area contributed by atoms with Crippen LogP contribution >= 0.6 is 0 Å². The maximum absolute atomic E-state index is 12.7. The lowest BCUT2D eigenvalue weighted by molar-refractivity contribution is 0.0929. The normalized spacial score (nSPS) is 16.6. The van der Waals surface area contributed by atoms with Crippen LogP contribution in [-0.4, -0.2) is 29.7 Å². The molecule has 1 aliphatic heterocycles. The van der Waals surface area contributed by atoms with Crippen LogP contribution in [0.1, 0.15) is 40.7 Å². The van der Waals surface area contributed by atoms with Crippen molar-refractivity contribution in [3.8, 4) is 0 Å². The first-order chi connectivity index (χ1) is 12.6. The molecule has 0 radical (unpaired) electrons. The van der Waals surface area contributed by atoms with E-state index in [1.807, 2.05) is 24.3 Å². The van der Waals surface area contributed by atoms with E-state index in [4.69, 9.17) is 4.74 Å². The third-order valence-corrected chi connectivity index (χ3v) is 4.80. The Kier molecular flexibility index (Phi) is 6.23. The molecule has 1 aromatic carbocycles. The Labute approximate surface area is 154 Å². The van der Waals surface area contributed by atoms with Gasteiger partial charge in [0.15, 0.2) is 0 Å². The van der Waals surface area contributed by atoms with Crippen LogP contribution in [0.2, 0.25) is 0 Å². The highest BCUT2D eigenvalue weighted by molar-refractivity contribution is 5.95. The Hall–Kier alpha value is -2.40. The first-order valence-corrected chi connectivity index (χ1v) is 9.29. The topological polar surface area (TPSA) is 60.3 Å². The zero-order valence-corrected chi connectivity index (χ0v) is 15.2. The molecule has 1 aliphatic rings. The van der Waals surface area contributed by atoms with Crippen LogP contribution in [0.4, 0.5) is 0 Å². The zero-order valence-electron chi connectivity index (χ0n) is 15.2. The predicted molar refractivity (Wildman–Crippen MR) is 102 cm³/mol. The monoisotopic (exact) mass is 354 g/mol. The van der Waals surface area contributed by atoms with Gasteiger partial charge in [-0.15, -0.1) is 0 Å². The number of hydrogen-bond donors (Lipinski definition) is 1. The van der Waals surface area contributed by atoms with Crippen LogP contribution in [0, 0.1) is 6.92 Å². The predicted octanol–water partition coefficient (Wildman–Crippen LogP) is 2.70. The van der Waals surface area contributed by atoms with Gasteiger partial charge in [0.25, 0.3) is 11.5 Å². The number of hydrogen-bond acceptors (Lipinski definition) is 3. The van der Waals surface area contributed by atoms with Gasteiger partial charge in [-0.1, -0.05) is 30.3 Å². The summed E-state index contributed by atoms with van der Waals surface area (Å²) < 4.78 is 7.20. The number of nitrogens with zero attached hydrogens (tertiary/aromatic N) is 1. The van der Waals surface area contributed by atoms with Gasteiger partial charge < -0.3 is 14.6 Å². The summed E-state index contributed by atoms with van der Waals surface area (Å²) in [6, 6.07) is 12.0. The van der Waals surface area contributed by atoms with Gasteiger partial charge in [-0.25, -0.2) is 0 Å². The summed E-state index contributed by atoms with van der Waals surface area (Å²) in [6.45, 7) is 3.61. The highest BCUT2D eigenvalue weighted by Gasteiger charge is 2.20. The van der Waals surface area contributed by atoms with Crippen molar-refractivity contribution in [2.75, 3.05) is 13.2 Å². The molecule has 1 unspecified atom stereocenters. The van der Waals surface area contributed by atoms with Crippen molar-refractivity contribution < 1.29 is 9.53 Å². The van der Waals surface area contributed by atoms with Gasteiger partial charge in [0.05, 0.1) is 12.6 Å². The number of carbonyl (C=O) groups excluding carboxylic acids is 1. The average Bonchev–Trinajstić information content (AvgIpc) is 3.15. The lowest BCUT2D eigenvalue weighted by Crippen LogP contribution is -2.36. The van der Waals surface area contributed by atoms with Crippen molar-refractivity contribution in [2.24, 2.45) is 0 Å².